The predicted octanol–water partition coefficient (Wildman–Crippen LogP) is 1.94. The summed E-state index contributed by atoms with van der Waals surface area (Å²) in [5.74, 6) is -1.96. The first-order chi connectivity index (χ1) is 9.42. The summed E-state index contributed by atoms with van der Waals surface area (Å²) in [5.41, 5.74) is -0.686. The molecule has 2 atom stereocenters. The molecule has 0 aliphatic carbocycles. The van der Waals surface area contributed by atoms with Crippen molar-refractivity contribution in [3.05, 3.63) is 0 Å². The smallest absolute Gasteiger partial charge is 0.408 e. The van der Waals surface area contributed by atoms with Gasteiger partial charge in [0.15, 0.2) is 6.10 Å². The molecule has 0 heterocycles. The number of carbonyl (C=O) groups excluding carboxylic acids is 2. The molecule has 2 N–H and O–H groups in total. The lowest BCUT2D eigenvalue weighted by atomic mass is 10.1. The van der Waals surface area contributed by atoms with E-state index in [2.05, 4.69) is 5.32 Å². The van der Waals surface area contributed by atoms with Gasteiger partial charge in [0.05, 0.1) is 0 Å². The van der Waals surface area contributed by atoms with Crippen molar-refractivity contribution in [1.82, 2.24) is 5.32 Å². The number of carboxylic acid groups (broad SMARTS) is 1. The van der Waals surface area contributed by atoms with E-state index in [0.717, 1.165) is 0 Å². The Morgan fingerprint density at radius 2 is 1.67 bits per heavy atom. The Hall–Kier alpha value is -1.79. The van der Waals surface area contributed by atoms with Crippen LogP contribution >= 0.6 is 0 Å². The van der Waals surface area contributed by atoms with Crippen LogP contribution in [0.15, 0.2) is 0 Å². The van der Waals surface area contributed by atoms with Crippen molar-refractivity contribution in [2.45, 2.75) is 65.7 Å². The van der Waals surface area contributed by atoms with E-state index in [1.54, 1.807) is 20.8 Å². The Kier molecular flexibility index (Phi) is 7.18. The van der Waals surface area contributed by atoms with Crippen LogP contribution in [0, 0.1) is 5.92 Å². The second-order valence-electron chi connectivity index (χ2n) is 6.26. The maximum atomic E-state index is 11.8. The SMILES string of the molecule is CC(C)C[C@H](OC(=O)[C@H](C)NC(=O)OC(C)(C)C)C(=O)O. The minimum absolute atomic E-state index is 0.0630. The first-order valence-corrected chi connectivity index (χ1v) is 6.85. The highest BCUT2D eigenvalue weighted by atomic mass is 16.6. The lowest BCUT2D eigenvalue weighted by molar-refractivity contribution is -0.166. The third-order valence-corrected chi connectivity index (χ3v) is 2.31. The van der Waals surface area contributed by atoms with E-state index in [9.17, 15) is 14.4 Å². The van der Waals surface area contributed by atoms with Crippen LogP contribution < -0.4 is 5.32 Å². The van der Waals surface area contributed by atoms with Gasteiger partial charge in [0.25, 0.3) is 0 Å². The highest BCUT2D eigenvalue weighted by Gasteiger charge is 2.27. The van der Waals surface area contributed by atoms with Gasteiger partial charge in [-0.15, -0.1) is 0 Å². The maximum absolute atomic E-state index is 11.8. The third-order valence-electron chi connectivity index (χ3n) is 2.31. The van der Waals surface area contributed by atoms with Crippen LogP contribution in [0.1, 0.15) is 48.0 Å². The van der Waals surface area contributed by atoms with Gasteiger partial charge in [-0.2, -0.15) is 0 Å². The van der Waals surface area contributed by atoms with Gasteiger partial charge in [-0.1, -0.05) is 13.8 Å². The summed E-state index contributed by atoms with van der Waals surface area (Å²) in [6.45, 7) is 10.1. The van der Waals surface area contributed by atoms with Gasteiger partial charge in [0, 0.05) is 0 Å². The Labute approximate surface area is 125 Å². The van der Waals surface area contributed by atoms with Gasteiger partial charge in [0.2, 0.25) is 0 Å². The Balaban J connectivity index is 4.49. The van der Waals surface area contributed by atoms with E-state index < -0.39 is 35.8 Å². The van der Waals surface area contributed by atoms with Gasteiger partial charge in [-0.05, 0) is 40.0 Å². The number of carboxylic acids is 1. The molecule has 21 heavy (non-hydrogen) atoms. The second-order valence-corrected chi connectivity index (χ2v) is 6.26. The standard InChI is InChI=1S/C14H25NO6/c1-8(2)7-10(11(16)17)20-12(18)9(3)15-13(19)21-14(4,5)6/h8-10H,7H2,1-6H3,(H,15,19)(H,16,17)/t9-,10-/m0/s1. The number of rotatable bonds is 6. The lowest BCUT2D eigenvalue weighted by Crippen LogP contribution is -2.44. The minimum Gasteiger partial charge on any atom is -0.479 e. The van der Waals surface area contributed by atoms with E-state index in [0.29, 0.717) is 0 Å². The largest absolute Gasteiger partial charge is 0.479 e. The first-order valence-electron chi connectivity index (χ1n) is 6.85. The summed E-state index contributed by atoms with van der Waals surface area (Å²) in [4.78, 5) is 34.3. The minimum atomic E-state index is -1.22. The van der Waals surface area contributed by atoms with Crippen LogP contribution in [0.5, 0.6) is 0 Å². The average molecular weight is 303 g/mol. The summed E-state index contributed by atoms with van der Waals surface area (Å²) in [5, 5.41) is 11.3. The molecule has 0 aromatic carbocycles. The highest BCUT2D eigenvalue weighted by Crippen LogP contribution is 2.10. The molecule has 7 heteroatoms. The number of alkyl carbamates (subject to hydrolysis) is 1. The molecule has 0 saturated carbocycles. The number of carbonyl (C=O) groups is 3. The van der Waals surface area contributed by atoms with Crippen molar-refractivity contribution in [3.63, 3.8) is 0 Å². The molecule has 0 unspecified atom stereocenters. The van der Waals surface area contributed by atoms with Crippen molar-refractivity contribution in [1.29, 1.82) is 0 Å². The molecule has 0 saturated heterocycles. The number of amides is 1. The Morgan fingerprint density at radius 1 is 1.14 bits per heavy atom. The van der Waals surface area contributed by atoms with Crippen LogP contribution in [-0.2, 0) is 19.1 Å². The van der Waals surface area contributed by atoms with Crippen molar-refractivity contribution in [3.8, 4) is 0 Å². The zero-order valence-corrected chi connectivity index (χ0v) is 13.4. The molecule has 0 aliphatic rings. The Bertz CT molecular complexity index is 385. The van der Waals surface area contributed by atoms with E-state index in [4.69, 9.17) is 14.6 Å². The summed E-state index contributed by atoms with van der Waals surface area (Å²) in [6, 6.07) is -0.992. The molecule has 0 aromatic heterocycles. The summed E-state index contributed by atoms with van der Waals surface area (Å²) in [7, 11) is 0. The summed E-state index contributed by atoms with van der Waals surface area (Å²) >= 11 is 0. The number of hydrogen-bond donors (Lipinski definition) is 2. The fraction of sp³-hybridized carbons (Fsp3) is 0.786. The molecule has 0 aliphatic heterocycles. The number of esters is 1. The van der Waals surface area contributed by atoms with Gasteiger partial charge in [0.1, 0.15) is 11.6 Å². The fourth-order valence-electron chi connectivity index (χ4n) is 1.41. The maximum Gasteiger partial charge on any atom is 0.408 e. The molecule has 0 spiro atoms. The van der Waals surface area contributed by atoms with Crippen molar-refractivity contribution < 1.29 is 29.0 Å². The van der Waals surface area contributed by atoms with E-state index in [1.165, 1.54) is 6.92 Å². The number of nitrogens with one attached hydrogen (secondary N) is 1. The van der Waals surface area contributed by atoms with Crippen LogP contribution in [0.2, 0.25) is 0 Å². The topological polar surface area (TPSA) is 102 Å². The highest BCUT2D eigenvalue weighted by molar-refractivity contribution is 5.83. The van der Waals surface area contributed by atoms with Crippen LogP contribution in [0.25, 0.3) is 0 Å². The van der Waals surface area contributed by atoms with Crippen LogP contribution in [-0.4, -0.2) is 40.9 Å². The fourth-order valence-corrected chi connectivity index (χ4v) is 1.41. The summed E-state index contributed by atoms with van der Waals surface area (Å²) in [6.07, 6.45) is -1.77. The Morgan fingerprint density at radius 3 is 2.05 bits per heavy atom. The van der Waals surface area contributed by atoms with Crippen LogP contribution in [0.3, 0.4) is 0 Å². The molecule has 122 valence electrons. The second kappa shape index (κ2) is 7.85. The zero-order chi connectivity index (χ0) is 16.8. The molecular weight excluding hydrogens is 278 g/mol. The van der Waals surface area contributed by atoms with Crippen LogP contribution in [0.4, 0.5) is 4.79 Å². The van der Waals surface area contributed by atoms with E-state index >= 15 is 0 Å². The van der Waals surface area contributed by atoms with E-state index in [1.807, 2.05) is 13.8 Å². The molecule has 0 rings (SSSR count). The quantitative estimate of drug-likeness (QED) is 0.727. The summed E-state index contributed by atoms with van der Waals surface area (Å²) < 4.78 is 9.91. The normalized spacial score (nSPS) is 14.2. The van der Waals surface area contributed by atoms with Crippen molar-refractivity contribution >= 4 is 18.0 Å². The average Bonchev–Trinajstić information content (AvgIpc) is 2.24. The predicted molar refractivity (Wildman–Crippen MR) is 75.8 cm³/mol. The third kappa shape index (κ3) is 8.88. The van der Waals surface area contributed by atoms with Gasteiger partial charge < -0.3 is 19.9 Å². The first kappa shape index (κ1) is 19.2. The molecule has 0 fully saturated rings. The zero-order valence-electron chi connectivity index (χ0n) is 13.4. The van der Waals surface area contributed by atoms with Gasteiger partial charge >= 0.3 is 18.0 Å². The molecule has 0 bridgehead atoms. The van der Waals surface area contributed by atoms with Crippen molar-refractivity contribution in [2.24, 2.45) is 5.92 Å². The van der Waals surface area contributed by atoms with Gasteiger partial charge in [-0.25, -0.2) is 14.4 Å². The van der Waals surface area contributed by atoms with E-state index in [-0.39, 0.29) is 12.3 Å². The molecule has 0 radical (unpaired) electrons. The van der Waals surface area contributed by atoms with Gasteiger partial charge in [-0.3, -0.25) is 0 Å². The van der Waals surface area contributed by atoms with Crippen molar-refractivity contribution in [2.75, 3.05) is 0 Å². The number of ether oxygens (including phenoxy) is 2. The monoisotopic (exact) mass is 303 g/mol. The number of aliphatic carboxylic acids is 1. The molecule has 1 amide bonds. The molecule has 0 aromatic rings. The lowest BCUT2D eigenvalue weighted by Gasteiger charge is -2.22. The number of hydrogen-bond acceptors (Lipinski definition) is 5. The molecular formula is C14H25NO6. The molecule has 7 nitrogen and oxygen atoms in total.